The summed E-state index contributed by atoms with van der Waals surface area (Å²) in [6, 6.07) is 6.96. The Kier molecular flexibility index (Phi) is 4.91. The fourth-order valence-electron chi connectivity index (χ4n) is 4.09. The van der Waals surface area contributed by atoms with Crippen LogP contribution >= 0.6 is 11.6 Å². The normalized spacial score (nSPS) is 29.8. The lowest BCUT2D eigenvalue weighted by Gasteiger charge is -2.21. The van der Waals surface area contributed by atoms with Gasteiger partial charge in [-0.3, -0.25) is 8.98 Å². The van der Waals surface area contributed by atoms with Crippen molar-refractivity contribution in [2.75, 3.05) is 6.26 Å². The van der Waals surface area contributed by atoms with E-state index in [1.165, 1.54) is 0 Å². The van der Waals surface area contributed by atoms with Gasteiger partial charge in [0, 0.05) is 16.6 Å². The second-order valence-corrected chi connectivity index (χ2v) is 8.83. The van der Waals surface area contributed by atoms with E-state index in [0.29, 0.717) is 28.3 Å². The van der Waals surface area contributed by atoms with E-state index >= 15 is 0 Å². The Bertz CT molecular complexity index is 707. The van der Waals surface area contributed by atoms with Crippen LogP contribution in [0.1, 0.15) is 36.5 Å². The molecule has 0 spiro atoms. The Labute approximate surface area is 147 Å². The van der Waals surface area contributed by atoms with Gasteiger partial charge in [0.2, 0.25) is 0 Å². The molecule has 0 aliphatic heterocycles. The van der Waals surface area contributed by atoms with Crippen molar-refractivity contribution < 1.29 is 17.4 Å². The number of carbonyl (C=O) groups is 1. The fourth-order valence-corrected chi connectivity index (χ4v) is 4.87. The lowest BCUT2D eigenvalue weighted by molar-refractivity contribution is 0.0925. The summed E-state index contributed by atoms with van der Waals surface area (Å²) < 4.78 is 27.5. The van der Waals surface area contributed by atoms with Gasteiger partial charge in [-0.1, -0.05) is 18.5 Å². The summed E-state index contributed by atoms with van der Waals surface area (Å²) in [5, 5.41) is 3.72. The molecule has 2 aliphatic carbocycles. The average Bonchev–Trinajstić information content (AvgIpc) is 2.98. The predicted octanol–water partition coefficient (Wildman–Crippen LogP) is 2.85. The van der Waals surface area contributed by atoms with Gasteiger partial charge < -0.3 is 5.32 Å². The molecule has 2 fully saturated rings. The summed E-state index contributed by atoms with van der Waals surface area (Å²) in [6.45, 7) is 2.06. The molecular formula is C17H22ClNO4S. The Morgan fingerprint density at radius 2 is 1.88 bits per heavy atom. The number of hydrogen-bond donors (Lipinski definition) is 1. The molecular weight excluding hydrogens is 350 g/mol. The second kappa shape index (κ2) is 6.65. The number of carbonyl (C=O) groups excluding carboxylic acids is 1. The number of nitrogens with one attached hydrogen (secondary N) is 1. The highest BCUT2D eigenvalue weighted by Gasteiger charge is 2.59. The zero-order valence-electron chi connectivity index (χ0n) is 13.7. The minimum absolute atomic E-state index is 0.0903. The van der Waals surface area contributed by atoms with Crippen molar-refractivity contribution >= 4 is 27.6 Å². The second-order valence-electron chi connectivity index (χ2n) is 6.79. The molecule has 5 nitrogen and oxygen atoms in total. The zero-order valence-corrected chi connectivity index (χ0v) is 15.3. The number of benzene rings is 1. The van der Waals surface area contributed by atoms with Crippen LogP contribution in [-0.4, -0.2) is 32.7 Å². The number of fused-ring (bicyclic) bond motifs is 1. The van der Waals surface area contributed by atoms with Crippen LogP contribution in [0.25, 0.3) is 0 Å². The Balaban J connectivity index is 1.56. The van der Waals surface area contributed by atoms with Crippen molar-refractivity contribution in [2.24, 2.45) is 17.8 Å². The summed E-state index contributed by atoms with van der Waals surface area (Å²) in [6.07, 6.45) is 3.27. The molecule has 0 heterocycles. The molecule has 0 bridgehead atoms. The third kappa shape index (κ3) is 3.92. The Morgan fingerprint density at radius 1 is 1.29 bits per heavy atom. The molecule has 3 atom stereocenters. The van der Waals surface area contributed by atoms with E-state index in [0.717, 1.165) is 25.5 Å². The van der Waals surface area contributed by atoms with Crippen LogP contribution in [-0.2, 0) is 14.3 Å². The van der Waals surface area contributed by atoms with Crippen molar-refractivity contribution in [3.63, 3.8) is 0 Å². The summed E-state index contributed by atoms with van der Waals surface area (Å²) in [7, 11) is -3.39. The maximum atomic E-state index is 12.4. The predicted molar refractivity (Wildman–Crippen MR) is 92.4 cm³/mol. The van der Waals surface area contributed by atoms with Gasteiger partial charge in [-0.15, -0.1) is 0 Å². The van der Waals surface area contributed by atoms with Crippen LogP contribution in [0.3, 0.4) is 0 Å². The van der Waals surface area contributed by atoms with Crippen molar-refractivity contribution in [3.8, 4) is 0 Å². The van der Waals surface area contributed by atoms with Crippen LogP contribution < -0.4 is 5.32 Å². The summed E-state index contributed by atoms with van der Waals surface area (Å²) >= 11 is 5.85. The molecule has 1 aromatic carbocycles. The minimum atomic E-state index is -3.39. The monoisotopic (exact) mass is 371 g/mol. The lowest BCUT2D eigenvalue weighted by atomic mass is 10.0. The summed E-state index contributed by atoms with van der Waals surface area (Å²) in [5.74, 6) is 1.23. The Hall–Kier alpha value is -1.11. The molecule has 3 rings (SSSR count). The van der Waals surface area contributed by atoms with Crippen LogP contribution in [0.5, 0.6) is 0 Å². The SMILES string of the molecule is CCC(NC(=O)c1ccc(Cl)cc1)C1C2CC(OS(C)(=O)=O)CC21. The number of hydrogen-bond acceptors (Lipinski definition) is 4. The maximum absolute atomic E-state index is 12.4. The highest BCUT2D eigenvalue weighted by atomic mass is 35.5. The van der Waals surface area contributed by atoms with Crippen molar-refractivity contribution in [3.05, 3.63) is 34.9 Å². The lowest BCUT2D eigenvalue weighted by Crippen LogP contribution is -2.37. The first-order chi connectivity index (χ1) is 11.3. The van der Waals surface area contributed by atoms with Crippen LogP contribution in [0, 0.1) is 17.8 Å². The minimum Gasteiger partial charge on any atom is -0.349 e. The van der Waals surface area contributed by atoms with E-state index in [1.807, 2.05) is 0 Å². The molecule has 1 amide bonds. The molecule has 2 saturated carbocycles. The van der Waals surface area contributed by atoms with E-state index < -0.39 is 10.1 Å². The van der Waals surface area contributed by atoms with E-state index in [2.05, 4.69) is 12.2 Å². The van der Waals surface area contributed by atoms with Crippen LogP contribution in [0.15, 0.2) is 24.3 Å². The van der Waals surface area contributed by atoms with E-state index in [9.17, 15) is 13.2 Å². The molecule has 0 aromatic heterocycles. The molecule has 24 heavy (non-hydrogen) atoms. The molecule has 7 heteroatoms. The first kappa shape index (κ1) is 17.7. The first-order valence-corrected chi connectivity index (χ1v) is 10.4. The van der Waals surface area contributed by atoms with Gasteiger partial charge in [-0.05, 0) is 61.3 Å². The molecule has 1 N–H and O–H groups in total. The standard InChI is InChI=1S/C17H22ClNO4S/c1-3-15(19-17(20)10-4-6-11(18)7-5-10)16-13-8-12(9-14(13)16)23-24(2,21)22/h4-7,12-16H,3,8-9H2,1-2H3,(H,19,20). The smallest absolute Gasteiger partial charge is 0.264 e. The number of halogens is 1. The number of rotatable bonds is 6. The van der Waals surface area contributed by atoms with Crippen molar-refractivity contribution in [1.29, 1.82) is 0 Å². The largest absolute Gasteiger partial charge is 0.349 e. The zero-order chi connectivity index (χ0) is 17.5. The molecule has 0 saturated heterocycles. The average molecular weight is 372 g/mol. The quantitative estimate of drug-likeness (QED) is 0.780. The van der Waals surface area contributed by atoms with Crippen LogP contribution in [0.2, 0.25) is 5.02 Å². The van der Waals surface area contributed by atoms with Crippen LogP contribution in [0.4, 0.5) is 0 Å². The van der Waals surface area contributed by atoms with Gasteiger partial charge in [-0.2, -0.15) is 8.42 Å². The third-order valence-electron chi connectivity index (χ3n) is 5.11. The van der Waals surface area contributed by atoms with E-state index in [4.69, 9.17) is 15.8 Å². The molecule has 2 aliphatic rings. The van der Waals surface area contributed by atoms with Gasteiger partial charge in [0.05, 0.1) is 12.4 Å². The molecule has 1 aromatic rings. The van der Waals surface area contributed by atoms with Crippen molar-refractivity contribution in [2.45, 2.75) is 38.3 Å². The van der Waals surface area contributed by atoms with Crippen molar-refractivity contribution in [1.82, 2.24) is 5.32 Å². The fraction of sp³-hybridized carbons (Fsp3) is 0.588. The highest BCUT2D eigenvalue weighted by molar-refractivity contribution is 7.86. The van der Waals surface area contributed by atoms with Gasteiger partial charge in [0.25, 0.3) is 16.0 Å². The van der Waals surface area contributed by atoms with E-state index in [1.54, 1.807) is 24.3 Å². The van der Waals surface area contributed by atoms with Gasteiger partial charge in [0.15, 0.2) is 0 Å². The first-order valence-electron chi connectivity index (χ1n) is 8.23. The topological polar surface area (TPSA) is 72.5 Å². The van der Waals surface area contributed by atoms with Gasteiger partial charge >= 0.3 is 0 Å². The van der Waals surface area contributed by atoms with Gasteiger partial charge in [-0.25, -0.2) is 0 Å². The molecule has 3 unspecified atom stereocenters. The third-order valence-corrected chi connectivity index (χ3v) is 5.98. The summed E-state index contributed by atoms with van der Waals surface area (Å²) in [4.78, 5) is 12.4. The molecule has 0 radical (unpaired) electrons. The highest BCUT2D eigenvalue weighted by Crippen LogP contribution is 2.60. The molecule has 132 valence electrons. The van der Waals surface area contributed by atoms with E-state index in [-0.39, 0.29) is 18.1 Å². The van der Waals surface area contributed by atoms with Gasteiger partial charge in [0.1, 0.15) is 0 Å². The summed E-state index contributed by atoms with van der Waals surface area (Å²) in [5.41, 5.74) is 0.599. The maximum Gasteiger partial charge on any atom is 0.264 e. The Morgan fingerprint density at radius 3 is 2.38 bits per heavy atom. The number of amides is 1.